The molecule has 0 aliphatic rings. The second-order valence-corrected chi connectivity index (χ2v) is 5.56. The number of amides is 1. The molecule has 0 spiro atoms. The minimum atomic E-state index is -0.302. The molecule has 2 N–H and O–H groups in total. The van der Waals surface area contributed by atoms with Crippen LogP contribution in [0, 0.1) is 12.3 Å². The van der Waals surface area contributed by atoms with Crippen LogP contribution in [0.5, 0.6) is 0 Å². The Hall–Kier alpha value is -2.63. The summed E-state index contributed by atoms with van der Waals surface area (Å²) in [6.45, 7) is 2.73. The van der Waals surface area contributed by atoms with Gasteiger partial charge in [-0.05, 0) is 43.0 Å². The van der Waals surface area contributed by atoms with E-state index in [0.717, 1.165) is 30.6 Å². The van der Waals surface area contributed by atoms with E-state index in [1.54, 1.807) is 19.4 Å². The van der Waals surface area contributed by atoms with Crippen molar-refractivity contribution in [3.05, 3.63) is 53.4 Å². The summed E-state index contributed by atoms with van der Waals surface area (Å²) in [5, 5.41) is 10.8. The normalized spacial score (nSPS) is 10.4. The smallest absolute Gasteiger partial charge is 0.327 e. The maximum atomic E-state index is 11.9. The molecule has 0 unspecified atom stereocenters. The van der Waals surface area contributed by atoms with Gasteiger partial charge < -0.3 is 10.2 Å². The highest BCUT2D eigenvalue weighted by molar-refractivity contribution is 5.77. The quantitative estimate of drug-likeness (QED) is 0.886. The van der Waals surface area contributed by atoms with Crippen LogP contribution in [0.1, 0.15) is 17.5 Å². The maximum Gasteiger partial charge on any atom is 0.327 e. The summed E-state index contributed by atoms with van der Waals surface area (Å²) in [4.78, 5) is 18.0. The number of pyridine rings is 2. The highest BCUT2D eigenvalue weighted by Crippen LogP contribution is 2.10. The Balaban J connectivity index is 2.10. The van der Waals surface area contributed by atoms with Gasteiger partial charge >= 0.3 is 6.03 Å². The third-order valence-electron chi connectivity index (χ3n) is 3.71. The van der Waals surface area contributed by atoms with Crippen molar-refractivity contribution in [1.29, 1.82) is 5.41 Å². The minimum absolute atomic E-state index is 0.193. The lowest BCUT2D eigenvalue weighted by atomic mass is 10.1. The van der Waals surface area contributed by atoms with Gasteiger partial charge in [-0.3, -0.25) is 15.0 Å². The number of rotatable bonds is 5. The number of hydrogen-bond acceptors (Lipinski definition) is 4. The molecule has 0 aliphatic carbocycles. The highest BCUT2D eigenvalue weighted by Gasteiger charge is 2.10. The summed E-state index contributed by atoms with van der Waals surface area (Å²) in [7, 11) is 3.51. The number of hydrogen-bond donors (Lipinski definition) is 2. The average molecular weight is 313 g/mol. The summed E-state index contributed by atoms with van der Waals surface area (Å²) < 4.78 is 1.34. The number of aryl methyl sites for hydroxylation is 2. The summed E-state index contributed by atoms with van der Waals surface area (Å²) >= 11 is 0. The van der Waals surface area contributed by atoms with E-state index in [9.17, 15) is 4.79 Å². The van der Waals surface area contributed by atoms with Crippen molar-refractivity contribution in [2.24, 2.45) is 0 Å². The molecule has 1 amide bonds. The Morgan fingerprint density at radius 3 is 2.91 bits per heavy atom. The van der Waals surface area contributed by atoms with Crippen LogP contribution < -0.4 is 15.7 Å². The van der Waals surface area contributed by atoms with Crippen molar-refractivity contribution < 1.29 is 4.79 Å². The topological polar surface area (TPSA) is 74.0 Å². The predicted molar refractivity (Wildman–Crippen MR) is 90.7 cm³/mol. The monoisotopic (exact) mass is 313 g/mol. The molecule has 0 atom stereocenters. The van der Waals surface area contributed by atoms with E-state index < -0.39 is 0 Å². The first-order valence-electron chi connectivity index (χ1n) is 7.63. The summed E-state index contributed by atoms with van der Waals surface area (Å²) in [5.41, 5.74) is 3.09. The molecule has 6 nitrogen and oxygen atoms in total. The van der Waals surface area contributed by atoms with Gasteiger partial charge in [-0.1, -0.05) is 6.07 Å². The van der Waals surface area contributed by atoms with Crippen LogP contribution in [0.4, 0.5) is 10.5 Å². The number of aromatic nitrogens is 2. The van der Waals surface area contributed by atoms with Gasteiger partial charge in [0.2, 0.25) is 0 Å². The van der Waals surface area contributed by atoms with Gasteiger partial charge in [-0.25, -0.2) is 4.79 Å². The summed E-state index contributed by atoms with van der Waals surface area (Å²) in [6.07, 6.45) is 7.21. The van der Waals surface area contributed by atoms with Gasteiger partial charge in [0.1, 0.15) is 0 Å². The van der Waals surface area contributed by atoms with Crippen LogP contribution in [0.2, 0.25) is 0 Å². The molecule has 23 heavy (non-hydrogen) atoms. The van der Waals surface area contributed by atoms with E-state index in [-0.39, 0.29) is 11.5 Å². The predicted octanol–water partition coefficient (Wildman–Crippen LogP) is 1.93. The lowest BCUT2D eigenvalue weighted by Gasteiger charge is -2.21. The summed E-state index contributed by atoms with van der Waals surface area (Å²) in [5.74, 6) is 0. The van der Waals surface area contributed by atoms with E-state index in [2.05, 4.69) is 16.4 Å². The average Bonchev–Trinajstić information content (AvgIpc) is 2.56. The number of anilines is 1. The van der Waals surface area contributed by atoms with E-state index >= 15 is 0 Å². The molecule has 2 heterocycles. The van der Waals surface area contributed by atoms with Crippen LogP contribution in [0.15, 0.2) is 36.8 Å². The van der Waals surface area contributed by atoms with Gasteiger partial charge in [0, 0.05) is 39.2 Å². The Morgan fingerprint density at radius 1 is 1.48 bits per heavy atom. The molecule has 0 radical (unpaired) electrons. The fourth-order valence-electron chi connectivity index (χ4n) is 2.47. The molecule has 0 bridgehead atoms. The minimum Gasteiger partial charge on any atom is -0.372 e. The zero-order valence-corrected chi connectivity index (χ0v) is 13.8. The molecule has 122 valence electrons. The fourth-order valence-corrected chi connectivity index (χ4v) is 2.47. The molecule has 0 aromatic carbocycles. The Morgan fingerprint density at radius 2 is 2.26 bits per heavy atom. The van der Waals surface area contributed by atoms with E-state index in [1.165, 1.54) is 10.1 Å². The molecule has 2 aromatic rings. The largest absolute Gasteiger partial charge is 0.372 e. The van der Waals surface area contributed by atoms with Gasteiger partial charge in [0.25, 0.3) is 0 Å². The molecule has 0 fully saturated rings. The Labute approximate surface area is 136 Å². The van der Waals surface area contributed by atoms with Crippen molar-refractivity contribution in [3.63, 3.8) is 0 Å². The number of nitrogens with zero attached hydrogens (tertiary/aromatic N) is 3. The Kier molecular flexibility index (Phi) is 5.51. The lowest BCUT2D eigenvalue weighted by Crippen LogP contribution is -2.37. The SMILES string of the molecule is CNC(=O)n1cc(C)cc(N(C)CCCc2cccnc2)c1=N. The van der Waals surface area contributed by atoms with Crippen LogP contribution in [-0.2, 0) is 6.42 Å². The van der Waals surface area contributed by atoms with Gasteiger partial charge in [-0.15, -0.1) is 0 Å². The molecular weight excluding hydrogens is 290 g/mol. The van der Waals surface area contributed by atoms with Crippen molar-refractivity contribution in [2.75, 3.05) is 25.5 Å². The molecule has 2 aromatic heterocycles. The van der Waals surface area contributed by atoms with Crippen LogP contribution in [-0.4, -0.2) is 36.2 Å². The third-order valence-corrected chi connectivity index (χ3v) is 3.71. The second kappa shape index (κ2) is 7.58. The van der Waals surface area contributed by atoms with Crippen LogP contribution >= 0.6 is 0 Å². The van der Waals surface area contributed by atoms with Gasteiger partial charge in [0.05, 0.1) is 5.69 Å². The number of carbonyl (C=O) groups is 1. The van der Waals surface area contributed by atoms with Crippen molar-refractivity contribution in [3.8, 4) is 0 Å². The zero-order valence-electron chi connectivity index (χ0n) is 13.8. The molecule has 6 heteroatoms. The molecule has 2 rings (SSSR count). The lowest BCUT2D eigenvalue weighted by molar-refractivity contribution is 0.243. The molecular formula is C17H23N5O. The first kappa shape index (κ1) is 16.7. The first-order valence-corrected chi connectivity index (χ1v) is 7.63. The number of nitrogens with one attached hydrogen (secondary N) is 2. The van der Waals surface area contributed by atoms with E-state index in [0.29, 0.717) is 0 Å². The van der Waals surface area contributed by atoms with Crippen LogP contribution in [0.3, 0.4) is 0 Å². The second-order valence-electron chi connectivity index (χ2n) is 5.56. The van der Waals surface area contributed by atoms with Crippen molar-refractivity contribution in [1.82, 2.24) is 14.9 Å². The highest BCUT2D eigenvalue weighted by atomic mass is 16.2. The van der Waals surface area contributed by atoms with Crippen molar-refractivity contribution >= 4 is 11.7 Å². The van der Waals surface area contributed by atoms with Gasteiger partial charge in [0.15, 0.2) is 5.49 Å². The van der Waals surface area contributed by atoms with Gasteiger partial charge in [-0.2, -0.15) is 0 Å². The fraction of sp³-hybridized carbons (Fsp3) is 0.353. The third kappa shape index (κ3) is 4.18. The summed E-state index contributed by atoms with van der Waals surface area (Å²) in [6, 6.07) is 5.64. The van der Waals surface area contributed by atoms with Crippen molar-refractivity contribution in [2.45, 2.75) is 19.8 Å². The first-order chi connectivity index (χ1) is 11.0. The molecule has 0 aliphatic heterocycles. The molecule has 0 saturated heterocycles. The maximum absolute atomic E-state index is 11.9. The molecule has 0 saturated carbocycles. The Bertz CT molecular complexity index is 724. The van der Waals surface area contributed by atoms with E-state index in [1.807, 2.05) is 37.2 Å². The standard InChI is InChI=1S/C17H23N5O/c1-13-10-15(16(18)22(12-13)17(23)19-2)21(3)9-5-7-14-6-4-8-20-11-14/h4,6,8,10-12,18H,5,7,9H2,1-3H3,(H,19,23). The zero-order chi connectivity index (χ0) is 16.8. The number of carbonyl (C=O) groups excluding carboxylic acids is 1. The van der Waals surface area contributed by atoms with Crippen LogP contribution in [0.25, 0.3) is 0 Å². The van der Waals surface area contributed by atoms with E-state index in [4.69, 9.17) is 5.41 Å².